The summed E-state index contributed by atoms with van der Waals surface area (Å²) in [6.45, 7) is 8.14. The number of imide groups is 1. The number of Topliss-reactive ketones (excluding diaryl/α,β-unsaturated/α-hetero) is 3. The van der Waals surface area contributed by atoms with Crippen LogP contribution in [0, 0.1) is 20.2 Å². The number of urea groups is 1. The number of aryl methyl sites for hydroxylation is 1. The number of non-ortho nitro benzene ring substituents is 1. The molecule has 0 spiro atoms. The van der Waals surface area contributed by atoms with Crippen molar-refractivity contribution in [1.29, 1.82) is 0 Å². The molecule has 4 rings (SSSR count). The Balaban J connectivity index is 0.000000508. The second kappa shape index (κ2) is 36.9. The number of hydroxylamine groups is 2. The molecule has 3 aliphatic rings. The number of nitro benzene ring substituents is 2. The van der Waals surface area contributed by atoms with Gasteiger partial charge < -0.3 is 25.1 Å². The van der Waals surface area contributed by atoms with Crippen LogP contribution in [0.25, 0.3) is 0 Å². The van der Waals surface area contributed by atoms with Gasteiger partial charge in [0.05, 0.1) is 34.4 Å². The molecule has 0 aromatic heterocycles. The van der Waals surface area contributed by atoms with Gasteiger partial charge >= 0.3 is 12.0 Å². The van der Waals surface area contributed by atoms with Crippen LogP contribution < -0.4 is 10.6 Å². The SMILES string of the molecule is CC(=O)CCCCCCC(=O)CCCCC1SC[C@@H]2NC(=O)N[C@H]12.CCCC.CCCCCCC(=O)CCCCCCc1ccc([N+](=O)[O-])cc1[N+](=O)[O-].O=CCCC(=O)ON1C(=O)CCC1=O. The summed E-state index contributed by atoms with van der Waals surface area (Å²) in [5.74, 6) is 0.160. The van der Waals surface area contributed by atoms with Gasteiger partial charge in [-0.25, -0.2) is 9.59 Å². The number of aldehydes is 1. The van der Waals surface area contributed by atoms with Gasteiger partial charge in [0.1, 0.15) is 23.6 Å². The number of nitrogens with one attached hydrogen (secondary N) is 2. The van der Waals surface area contributed by atoms with Crippen LogP contribution in [0.1, 0.15) is 200 Å². The lowest BCUT2D eigenvalue weighted by Crippen LogP contribution is -2.36. The lowest BCUT2D eigenvalue weighted by atomic mass is 10.0. The number of carbonyl (C=O) groups excluding carboxylic acids is 8. The zero-order valence-electron chi connectivity index (χ0n) is 40.9. The lowest BCUT2D eigenvalue weighted by Gasteiger charge is -2.16. The van der Waals surface area contributed by atoms with E-state index in [9.17, 15) is 58.6 Å². The Bertz CT molecular complexity index is 1760. The number of carbonyl (C=O) groups is 8. The van der Waals surface area contributed by atoms with E-state index in [1.165, 1.54) is 37.8 Å². The van der Waals surface area contributed by atoms with E-state index in [1.54, 1.807) is 6.92 Å². The summed E-state index contributed by atoms with van der Waals surface area (Å²) in [6, 6.07) is 4.32. The second-order valence-corrected chi connectivity index (χ2v) is 18.6. The van der Waals surface area contributed by atoms with Crippen molar-refractivity contribution < 1.29 is 53.0 Å². The largest absolute Gasteiger partial charge is 0.333 e. The normalized spacial score (nSPS) is 16.7. The number of thioether (sulfide) groups is 1. The van der Waals surface area contributed by atoms with Gasteiger partial charge in [0, 0.05) is 74.0 Å². The minimum Gasteiger partial charge on any atom is -0.332 e. The van der Waals surface area contributed by atoms with Crippen molar-refractivity contribution in [3.8, 4) is 0 Å². The van der Waals surface area contributed by atoms with Crippen LogP contribution in [-0.2, 0) is 44.8 Å². The minimum absolute atomic E-state index is 0.0229. The Labute approximate surface area is 406 Å². The van der Waals surface area contributed by atoms with Crippen molar-refractivity contribution in [1.82, 2.24) is 15.7 Å². The van der Waals surface area contributed by atoms with Crippen LogP contribution in [-0.4, -0.2) is 85.4 Å². The van der Waals surface area contributed by atoms with E-state index in [4.69, 9.17) is 0 Å². The summed E-state index contributed by atoms with van der Waals surface area (Å²) in [5.41, 5.74) is 0.0620. The summed E-state index contributed by atoms with van der Waals surface area (Å²) >= 11 is 1.93. The molecule has 0 radical (unpaired) electrons. The lowest BCUT2D eigenvalue weighted by molar-refractivity contribution is -0.394. The smallest absolute Gasteiger partial charge is 0.332 e. The monoisotopic (exact) mass is 976 g/mol. The molecule has 3 atom stereocenters. The molecule has 4 amide bonds. The topological polar surface area (TPSA) is 259 Å². The van der Waals surface area contributed by atoms with Crippen LogP contribution >= 0.6 is 11.8 Å². The first-order valence-electron chi connectivity index (χ1n) is 24.7. The number of nitrogens with zero attached hydrogens (tertiary/aromatic N) is 3. The van der Waals surface area contributed by atoms with Crippen LogP contribution in [0.5, 0.6) is 0 Å². The molecule has 0 bridgehead atoms. The molecule has 18 nitrogen and oxygen atoms in total. The predicted octanol–water partition coefficient (Wildman–Crippen LogP) is 10.1. The maximum Gasteiger partial charge on any atom is 0.333 e. The number of ketones is 3. The van der Waals surface area contributed by atoms with Gasteiger partial charge in [0.2, 0.25) is 0 Å². The van der Waals surface area contributed by atoms with E-state index in [1.807, 2.05) is 11.8 Å². The van der Waals surface area contributed by atoms with E-state index in [0.29, 0.717) is 72.3 Å². The maximum absolute atomic E-state index is 11.9. The van der Waals surface area contributed by atoms with Crippen molar-refractivity contribution in [3.05, 3.63) is 44.0 Å². The van der Waals surface area contributed by atoms with Crippen LogP contribution in [0.3, 0.4) is 0 Å². The van der Waals surface area contributed by atoms with Crippen molar-refractivity contribution in [2.45, 2.75) is 218 Å². The zero-order valence-corrected chi connectivity index (χ0v) is 41.7. The summed E-state index contributed by atoms with van der Waals surface area (Å²) in [7, 11) is 0. The number of nitro groups is 2. The van der Waals surface area contributed by atoms with E-state index >= 15 is 0 Å². The molecule has 1 aromatic carbocycles. The standard InChI is InChI=1S/C19H28N2O5.C18H30N2O3S.C8H9NO5.C4H10/c1-2-3-4-8-11-18(22)12-9-6-5-7-10-16-13-14-17(20(23)24)15-19(16)21(25)26;1-13(21)8-4-2-3-5-9-14(22)10-6-7-11-16-17-15(12-24-16)19-18(23)20-17;10-5-1-2-8(13)14-9-6(11)3-4-7(9)12;1-3-4-2/h13-15H,2-12H2,1H3;15-17H,2-12H2,1H3,(H2,19,20,23);5H,1-4H2;3-4H2,1-2H3/t;15-,16?,17-;;/m.0../s1. The molecule has 1 unspecified atom stereocenters. The van der Waals surface area contributed by atoms with E-state index in [2.05, 4.69) is 36.2 Å². The van der Waals surface area contributed by atoms with Gasteiger partial charge in [-0.1, -0.05) is 85.0 Å². The van der Waals surface area contributed by atoms with Crippen molar-refractivity contribution in [3.63, 3.8) is 0 Å². The fourth-order valence-electron chi connectivity index (χ4n) is 7.38. The van der Waals surface area contributed by atoms with Crippen molar-refractivity contribution in [2.75, 3.05) is 5.75 Å². The third kappa shape index (κ3) is 27.1. The minimum atomic E-state index is -0.749. The first-order chi connectivity index (χ1) is 32.6. The molecule has 68 heavy (non-hydrogen) atoms. The van der Waals surface area contributed by atoms with Gasteiger partial charge in [-0.3, -0.25) is 39.4 Å². The summed E-state index contributed by atoms with van der Waals surface area (Å²) < 4.78 is 0. The molecule has 2 N–H and O–H groups in total. The third-order valence-electron chi connectivity index (χ3n) is 11.5. The number of fused-ring (bicyclic) bond motifs is 1. The van der Waals surface area contributed by atoms with Crippen LogP contribution in [0.2, 0.25) is 0 Å². The summed E-state index contributed by atoms with van der Waals surface area (Å²) in [6.07, 6.45) is 22.1. The molecule has 19 heteroatoms. The number of unbranched alkanes of at least 4 members (excludes halogenated alkanes) is 11. The molecule has 3 heterocycles. The Morgan fingerprint density at radius 2 is 1.26 bits per heavy atom. The molecule has 3 saturated heterocycles. The highest BCUT2D eigenvalue weighted by Crippen LogP contribution is 2.33. The van der Waals surface area contributed by atoms with Gasteiger partial charge in [0.25, 0.3) is 23.2 Å². The van der Waals surface area contributed by atoms with Gasteiger partial charge in [-0.15, -0.1) is 5.06 Å². The quantitative estimate of drug-likeness (QED) is 0.0175. The summed E-state index contributed by atoms with van der Waals surface area (Å²) in [5, 5.41) is 28.7. The highest BCUT2D eigenvalue weighted by molar-refractivity contribution is 8.00. The van der Waals surface area contributed by atoms with Crippen LogP contribution in [0.4, 0.5) is 16.2 Å². The Morgan fingerprint density at radius 1 is 0.721 bits per heavy atom. The van der Waals surface area contributed by atoms with E-state index in [-0.39, 0.29) is 61.0 Å². The Morgan fingerprint density at radius 3 is 1.78 bits per heavy atom. The molecule has 3 aliphatic heterocycles. The maximum atomic E-state index is 11.9. The van der Waals surface area contributed by atoms with Crippen molar-refractivity contribution >= 4 is 70.6 Å². The van der Waals surface area contributed by atoms with Crippen LogP contribution in [0.15, 0.2) is 18.2 Å². The predicted molar refractivity (Wildman–Crippen MR) is 261 cm³/mol. The number of hydrogen-bond acceptors (Lipinski definition) is 14. The molecule has 0 aliphatic carbocycles. The van der Waals surface area contributed by atoms with E-state index in [0.717, 1.165) is 95.3 Å². The van der Waals surface area contributed by atoms with E-state index < -0.39 is 27.6 Å². The van der Waals surface area contributed by atoms with Gasteiger partial charge in [-0.2, -0.15) is 11.8 Å². The number of benzene rings is 1. The molecule has 1 aromatic rings. The molecular weight excluding hydrogens is 899 g/mol. The average Bonchev–Trinajstić information content (AvgIpc) is 3.98. The van der Waals surface area contributed by atoms with Crippen molar-refractivity contribution in [2.24, 2.45) is 0 Å². The fourth-order valence-corrected chi connectivity index (χ4v) is 8.92. The molecule has 382 valence electrons. The van der Waals surface area contributed by atoms with Gasteiger partial charge in [0.15, 0.2) is 0 Å². The zero-order chi connectivity index (χ0) is 50.7. The molecular formula is C49H77N5O13S. The Hall–Kier alpha value is -5.07. The highest BCUT2D eigenvalue weighted by Gasteiger charge is 2.42. The second-order valence-electron chi connectivity index (χ2n) is 17.4. The molecule has 3 fully saturated rings. The van der Waals surface area contributed by atoms with Gasteiger partial charge in [-0.05, 0) is 64.4 Å². The average molecular weight is 976 g/mol. The first-order valence-corrected chi connectivity index (χ1v) is 25.8. The first kappa shape index (κ1) is 60.9. The molecule has 0 saturated carbocycles. The fraction of sp³-hybridized carbons (Fsp3) is 0.714. The highest BCUT2D eigenvalue weighted by atomic mass is 32.2. The number of amides is 4. The Kier molecular flexibility index (Phi) is 33.1. The number of hydrogen-bond donors (Lipinski definition) is 2. The third-order valence-corrected chi connectivity index (χ3v) is 13.0. The summed E-state index contributed by atoms with van der Waals surface area (Å²) in [4.78, 5) is 114. The number of rotatable bonds is 31.